The third kappa shape index (κ3) is 2.38. The Labute approximate surface area is 78.0 Å². The van der Waals surface area contributed by atoms with E-state index in [1.165, 1.54) is 0 Å². The fourth-order valence-corrected chi connectivity index (χ4v) is 1.17. The Morgan fingerprint density at radius 2 is 2.33 bits per heavy atom. The molecular weight excluding hydrogens is 170 g/mol. The Balaban J connectivity index is 2.88. The molecule has 0 aromatic heterocycles. The summed E-state index contributed by atoms with van der Waals surface area (Å²) < 4.78 is 0. The van der Waals surface area contributed by atoms with Gasteiger partial charge in [0, 0.05) is 5.56 Å². The molecule has 0 spiro atoms. The van der Waals surface area contributed by atoms with Gasteiger partial charge >= 0.3 is 0 Å². The molecule has 1 nitrogen and oxygen atoms in total. The topological polar surface area (TPSA) is 17.1 Å². The molecule has 0 N–H and O–H groups in total. The minimum atomic E-state index is -0.395. The molecule has 0 aliphatic heterocycles. The van der Waals surface area contributed by atoms with Crippen molar-refractivity contribution >= 4 is 24.1 Å². The van der Waals surface area contributed by atoms with Gasteiger partial charge in [-0.05, 0) is 17.7 Å². The largest absolute Gasteiger partial charge is 0.276 e. The lowest BCUT2D eigenvalue weighted by atomic mass is 9.75. The van der Waals surface area contributed by atoms with Crippen LogP contribution in [0.4, 0.5) is 0 Å². The molecule has 0 saturated carbocycles. The minimum Gasteiger partial charge on any atom is -0.276 e. The molecule has 0 amide bonds. The monoisotopic (exact) mass is 179 g/mol. The molecule has 0 aliphatic rings. The van der Waals surface area contributed by atoms with Crippen molar-refractivity contribution < 1.29 is 4.79 Å². The highest BCUT2D eigenvalue weighted by atomic mass is 35.5. The van der Waals surface area contributed by atoms with Gasteiger partial charge in [-0.2, -0.15) is 0 Å². The van der Waals surface area contributed by atoms with E-state index in [9.17, 15) is 4.79 Å². The van der Waals surface area contributed by atoms with Crippen molar-refractivity contribution in [2.75, 3.05) is 0 Å². The molecular formula is C9H9BClO. The molecule has 1 rings (SSSR count). The summed E-state index contributed by atoms with van der Waals surface area (Å²) in [6, 6.07) is 7.35. The maximum atomic E-state index is 10.8. The zero-order valence-corrected chi connectivity index (χ0v) is 7.64. The van der Waals surface area contributed by atoms with Crippen molar-refractivity contribution in [2.24, 2.45) is 0 Å². The van der Waals surface area contributed by atoms with Crippen LogP contribution in [-0.2, 0) is 6.32 Å². The maximum Gasteiger partial charge on any atom is 0.252 e. The molecule has 0 bridgehead atoms. The van der Waals surface area contributed by atoms with Crippen molar-refractivity contribution in [2.45, 2.75) is 13.1 Å². The Morgan fingerprint density at radius 1 is 1.58 bits per heavy atom. The molecule has 12 heavy (non-hydrogen) atoms. The highest BCUT2D eigenvalue weighted by Gasteiger charge is 2.01. The Hall–Kier alpha value is -0.755. The lowest BCUT2D eigenvalue weighted by Gasteiger charge is -1.98. The van der Waals surface area contributed by atoms with Gasteiger partial charge in [-0.1, -0.05) is 36.9 Å². The van der Waals surface area contributed by atoms with Crippen LogP contribution in [0, 0.1) is 0 Å². The number of carbonyl (C=O) groups excluding carboxylic acids is 1. The first-order valence-corrected chi connectivity index (χ1v) is 4.18. The van der Waals surface area contributed by atoms with Crippen LogP contribution in [0.25, 0.3) is 0 Å². The fraction of sp³-hybridized carbons (Fsp3) is 0.222. The van der Waals surface area contributed by atoms with E-state index in [2.05, 4.69) is 0 Å². The predicted octanol–water partition coefficient (Wildman–Crippen LogP) is 2.32. The van der Waals surface area contributed by atoms with Crippen LogP contribution in [0.15, 0.2) is 24.3 Å². The van der Waals surface area contributed by atoms with Crippen molar-refractivity contribution in [3.05, 3.63) is 35.4 Å². The van der Waals surface area contributed by atoms with Crippen LogP contribution in [0.5, 0.6) is 0 Å². The van der Waals surface area contributed by atoms with Crippen LogP contribution in [0.1, 0.15) is 15.9 Å². The van der Waals surface area contributed by atoms with Crippen molar-refractivity contribution in [3.63, 3.8) is 0 Å². The second kappa shape index (κ2) is 4.32. The highest BCUT2D eigenvalue weighted by molar-refractivity contribution is 6.67. The summed E-state index contributed by atoms with van der Waals surface area (Å²) in [6.07, 6.45) is 0.873. The first-order valence-electron chi connectivity index (χ1n) is 3.80. The Bertz CT molecular complexity index is 286. The minimum absolute atomic E-state index is 0.395. The van der Waals surface area contributed by atoms with E-state index >= 15 is 0 Å². The number of halogens is 1. The summed E-state index contributed by atoms with van der Waals surface area (Å²) in [5, 5.41) is -0.395. The maximum absolute atomic E-state index is 10.8. The molecule has 0 fully saturated rings. The van der Waals surface area contributed by atoms with Crippen molar-refractivity contribution in [1.29, 1.82) is 0 Å². The summed E-state index contributed by atoms with van der Waals surface area (Å²) in [5.41, 5.74) is 1.68. The summed E-state index contributed by atoms with van der Waals surface area (Å²) in [5.74, 6) is 0. The highest BCUT2D eigenvalue weighted by Crippen LogP contribution is 2.07. The molecule has 0 unspecified atom stereocenters. The van der Waals surface area contributed by atoms with Crippen LogP contribution in [0.2, 0.25) is 6.82 Å². The first-order chi connectivity index (χ1) is 5.74. The van der Waals surface area contributed by atoms with Gasteiger partial charge in [-0.25, -0.2) is 0 Å². The van der Waals surface area contributed by atoms with Crippen molar-refractivity contribution in [3.8, 4) is 0 Å². The Morgan fingerprint density at radius 3 is 2.92 bits per heavy atom. The number of rotatable bonds is 3. The zero-order chi connectivity index (χ0) is 8.97. The van der Waals surface area contributed by atoms with E-state index in [-0.39, 0.29) is 0 Å². The predicted molar refractivity (Wildman–Crippen MR) is 51.9 cm³/mol. The SMILES string of the molecule is C[B]Cc1cccc(C(=O)Cl)c1. The van der Waals surface area contributed by atoms with E-state index in [4.69, 9.17) is 11.6 Å². The number of hydrogen-bond donors (Lipinski definition) is 0. The van der Waals surface area contributed by atoms with Gasteiger partial charge in [0.05, 0.1) is 0 Å². The molecule has 61 valence electrons. The molecule has 0 atom stereocenters. The van der Waals surface area contributed by atoms with Gasteiger partial charge in [-0.3, -0.25) is 4.79 Å². The van der Waals surface area contributed by atoms with E-state index in [1.807, 2.05) is 32.3 Å². The second-order valence-corrected chi connectivity index (χ2v) is 2.93. The average Bonchev–Trinajstić information content (AvgIpc) is 2.05. The third-order valence-electron chi connectivity index (χ3n) is 1.59. The third-order valence-corrected chi connectivity index (χ3v) is 1.81. The van der Waals surface area contributed by atoms with Crippen molar-refractivity contribution in [1.82, 2.24) is 0 Å². The average molecular weight is 179 g/mol. The van der Waals surface area contributed by atoms with Gasteiger partial charge in [0.25, 0.3) is 5.24 Å². The van der Waals surface area contributed by atoms with E-state index in [0.29, 0.717) is 5.56 Å². The van der Waals surface area contributed by atoms with Crippen LogP contribution in [-0.4, -0.2) is 12.5 Å². The fourth-order valence-electron chi connectivity index (χ4n) is 1.06. The van der Waals surface area contributed by atoms with Gasteiger partial charge in [0.2, 0.25) is 0 Å². The van der Waals surface area contributed by atoms with Gasteiger partial charge in [-0.15, -0.1) is 0 Å². The quantitative estimate of drug-likeness (QED) is 0.514. The van der Waals surface area contributed by atoms with E-state index < -0.39 is 5.24 Å². The molecule has 1 aromatic rings. The summed E-state index contributed by atoms with van der Waals surface area (Å²) in [7, 11) is 2.04. The number of carbonyl (C=O) groups is 1. The van der Waals surface area contributed by atoms with Gasteiger partial charge in [0.1, 0.15) is 7.28 Å². The first kappa shape index (κ1) is 9.33. The number of benzene rings is 1. The zero-order valence-electron chi connectivity index (χ0n) is 6.88. The molecule has 0 saturated heterocycles. The van der Waals surface area contributed by atoms with E-state index in [0.717, 1.165) is 11.9 Å². The second-order valence-electron chi connectivity index (χ2n) is 2.59. The van der Waals surface area contributed by atoms with Gasteiger partial charge in [0.15, 0.2) is 0 Å². The molecule has 0 heterocycles. The lowest BCUT2D eigenvalue weighted by molar-refractivity contribution is 0.108. The summed E-state index contributed by atoms with van der Waals surface area (Å²) >= 11 is 5.33. The van der Waals surface area contributed by atoms with E-state index in [1.54, 1.807) is 6.07 Å². The summed E-state index contributed by atoms with van der Waals surface area (Å²) in [4.78, 5) is 10.8. The standard InChI is InChI=1S/C9H9BClO/c1-10-6-7-3-2-4-8(5-7)9(11)12/h2-5H,6H2,1H3. The number of hydrogen-bond acceptors (Lipinski definition) is 1. The molecule has 3 heteroatoms. The van der Waals surface area contributed by atoms with Crippen LogP contribution in [0.3, 0.4) is 0 Å². The van der Waals surface area contributed by atoms with Crippen LogP contribution < -0.4 is 0 Å². The smallest absolute Gasteiger partial charge is 0.252 e. The molecule has 1 radical (unpaired) electrons. The summed E-state index contributed by atoms with van der Waals surface area (Å²) in [6.45, 7) is 1.98. The van der Waals surface area contributed by atoms with Crippen LogP contribution >= 0.6 is 11.6 Å². The molecule has 1 aromatic carbocycles. The normalized spacial score (nSPS) is 9.50. The Kier molecular flexibility index (Phi) is 3.36. The lowest BCUT2D eigenvalue weighted by Crippen LogP contribution is -1.94. The molecule has 0 aliphatic carbocycles. The van der Waals surface area contributed by atoms with Gasteiger partial charge < -0.3 is 0 Å².